The largest absolute Gasteiger partial charge is 0.487 e. The number of carboxylic acids is 1. The normalized spacial score (nSPS) is 13.6. The number of anilines is 2. The number of piperazine rings is 1. The highest BCUT2D eigenvalue weighted by atomic mass is 35.5. The molecule has 5 aromatic rings. The first-order chi connectivity index (χ1) is 23.2. The first-order valence-corrected chi connectivity index (χ1v) is 16.0. The van der Waals surface area contributed by atoms with Gasteiger partial charge in [-0.1, -0.05) is 23.7 Å². The Labute approximate surface area is 283 Å². The highest BCUT2D eigenvalue weighted by Crippen LogP contribution is 2.32. The molecule has 0 atom stereocenters. The second-order valence-electron chi connectivity index (χ2n) is 11.4. The van der Waals surface area contributed by atoms with Crippen molar-refractivity contribution in [2.75, 3.05) is 58.2 Å². The number of rotatable bonds is 11. The highest BCUT2D eigenvalue weighted by molar-refractivity contribution is 6.32. The molecule has 1 aliphatic heterocycles. The molecule has 2 aromatic heterocycles. The van der Waals surface area contributed by atoms with Crippen molar-refractivity contribution in [1.29, 1.82) is 0 Å². The number of hydrogen-bond acceptors (Lipinski definition) is 9. The summed E-state index contributed by atoms with van der Waals surface area (Å²) in [5, 5.41) is 23.1. The highest BCUT2D eigenvalue weighted by Gasteiger charge is 2.15. The lowest BCUT2D eigenvalue weighted by Crippen LogP contribution is -2.45. The molecule has 48 heavy (non-hydrogen) atoms. The molecule has 0 radical (unpaired) electrons. The Morgan fingerprint density at radius 2 is 1.88 bits per heavy atom. The van der Waals surface area contributed by atoms with Crippen LogP contribution in [-0.2, 0) is 13.0 Å². The number of nitrogens with zero attached hydrogens (tertiary/aromatic N) is 5. The first kappa shape index (κ1) is 34.7. The molecule has 1 fully saturated rings. The average Bonchev–Trinajstić information content (AvgIpc) is 3.50. The van der Waals surface area contributed by atoms with E-state index < -0.39 is 5.97 Å². The van der Waals surface area contributed by atoms with Gasteiger partial charge in [0.1, 0.15) is 30.3 Å². The van der Waals surface area contributed by atoms with E-state index in [1.54, 1.807) is 41.1 Å². The number of aliphatic hydroxyl groups is 1. The predicted molar refractivity (Wildman–Crippen MR) is 185 cm³/mol. The Morgan fingerprint density at radius 3 is 2.58 bits per heavy atom. The minimum atomic E-state index is -1.06. The fourth-order valence-corrected chi connectivity index (χ4v) is 5.57. The molecule has 11 nitrogen and oxygen atoms in total. The maximum Gasteiger partial charge on any atom is 0.337 e. The van der Waals surface area contributed by atoms with Gasteiger partial charge in [-0.15, -0.1) is 0 Å². The van der Waals surface area contributed by atoms with Crippen LogP contribution in [0.15, 0.2) is 79.4 Å². The second-order valence-corrected chi connectivity index (χ2v) is 11.8. The van der Waals surface area contributed by atoms with E-state index >= 15 is 0 Å². The van der Waals surface area contributed by atoms with E-state index in [2.05, 4.69) is 32.1 Å². The van der Waals surface area contributed by atoms with E-state index in [9.17, 15) is 19.4 Å². The lowest BCUT2D eigenvalue weighted by atomic mass is 10.1. The molecule has 5 N–H and O–H groups in total. The van der Waals surface area contributed by atoms with Gasteiger partial charge in [-0.2, -0.15) is 0 Å². The molecule has 1 aliphatic rings. The smallest absolute Gasteiger partial charge is 0.337 e. The van der Waals surface area contributed by atoms with Crippen LogP contribution in [0.2, 0.25) is 5.02 Å². The number of nitrogens with one attached hydrogen (secondary N) is 1. The number of hydrogen-bond donors (Lipinski definition) is 4. The van der Waals surface area contributed by atoms with Crippen LogP contribution in [0.4, 0.5) is 15.9 Å². The van der Waals surface area contributed by atoms with Crippen molar-refractivity contribution in [2.24, 2.45) is 5.73 Å². The molecule has 0 bridgehead atoms. The van der Waals surface area contributed by atoms with Gasteiger partial charge in [0.25, 0.3) is 0 Å². The standard InChI is InChI=1S/C28H22ClFN4O4.C7H17N3/c29-24-11-20(4-7-26(24)38-15-17-2-1-3-19(30)10-17)33-27-22-12-21(5-6-25(22)31-16-32-27)34-13-18(8-9-35)23(14-34)28(36)37;1-9-4-6-10(3-2-8)7-5-9/h1-7,10-14,16,35H,8-9,15H2,(H,36,37)(H,31,32,33);2-8H2,1H3. The third-order valence-electron chi connectivity index (χ3n) is 7.96. The summed E-state index contributed by atoms with van der Waals surface area (Å²) in [5.41, 5.74) is 8.86. The Morgan fingerprint density at radius 1 is 1.06 bits per heavy atom. The van der Waals surface area contributed by atoms with Crippen LogP contribution in [0.5, 0.6) is 5.75 Å². The van der Waals surface area contributed by atoms with E-state index in [4.69, 9.17) is 22.1 Å². The summed E-state index contributed by atoms with van der Waals surface area (Å²) in [5.74, 6) is -0.403. The summed E-state index contributed by atoms with van der Waals surface area (Å²) in [6.07, 6.45) is 4.90. The molecule has 3 aromatic carbocycles. The molecule has 0 amide bonds. The zero-order chi connectivity index (χ0) is 34.0. The van der Waals surface area contributed by atoms with Crippen molar-refractivity contribution in [3.63, 3.8) is 0 Å². The van der Waals surface area contributed by atoms with Gasteiger partial charge in [-0.25, -0.2) is 19.2 Å². The van der Waals surface area contributed by atoms with Crippen molar-refractivity contribution in [3.8, 4) is 11.4 Å². The van der Waals surface area contributed by atoms with E-state index in [1.165, 1.54) is 50.8 Å². The number of likely N-dealkylation sites (N-methyl/N-ethyl adjacent to an activating group) is 1. The summed E-state index contributed by atoms with van der Waals surface area (Å²) in [6.45, 7) is 6.65. The molecular weight excluding hydrogens is 637 g/mol. The second kappa shape index (κ2) is 16.5. The van der Waals surface area contributed by atoms with Crippen LogP contribution in [0, 0.1) is 5.82 Å². The predicted octanol–water partition coefficient (Wildman–Crippen LogP) is 4.96. The third-order valence-corrected chi connectivity index (χ3v) is 8.25. The molecule has 6 rings (SSSR count). The zero-order valence-electron chi connectivity index (χ0n) is 26.6. The van der Waals surface area contributed by atoms with Crippen molar-refractivity contribution < 1.29 is 24.1 Å². The van der Waals surface area contributed by atoms with Gasteiger partial charge in [-0.05, 0) is 73.1 Å². The summed E-state index contributed by atoms with van der Waals surface area (Å²) in [6, 6.07) is 16.9. The van der Waals surface area contributed by atoms with Gasteiger partial charge >= 0.3 is 5.97 Å². The number of nitrogens with two attached hydrogens (primary N) is 1. The van der Waals surface area contributed by atoms with Crippen molar-refractivity contribution in [3.05, 3.63) is 107 Å². The molecule has 3 heterocycles. The van der Waals surface area contributed by atoms with Gasteiger partial charge in [0.05, 0.1) is 16.1 Å². The van der Waals surface area contributed by atoms with Crippen molar-refractivity contribution in [2.45, 2.75) is 13.0 Å². The molecular formula is C35H39ClFN7O4. The third kappa shape index (κ3) is 9.06. The molecule has 0 aliphatic carbocycles. The summed E-state index contributed by atoms with van der Waals surface area (Å²) >= 11 is 6.44. The molecule has 0 unspecified atom stereocenters. The number of aliphatic hydroxyl groups excluding tert-OH is 1. The maximum atomic E-state index is 13.4. The Kier molecular flexibility index (Phi) is 11.9. The van der Waals surface area contributed by atoms with Gasteiger partial charge in [0.15, 0.2) is 0 Å². The fourth-order valence-electron chi connectivity index (χ4n) is 5.34. The quantitative estimate of drug-likeness (QED) is 0.152. The van der Waals surface area contributed by atoms with Gasteiger partial charge in [0, 0.05) is 75.0 Å². The molecule has 252 valence electrons. The van der Waals surface area contributed by atoms with Crippen LogP contribution in [0.3, 0.4) is 0 Å². The van der Waals surface area contributed by atoms with Crippen molar-refractivity contribution >= 4 is 40.0 Å². The van der Waals surface area contributed by atoms with Crippen LogP contribution < -0.4 is 15.8 Å². The van der Waals surface area contributed by atoms with E-state index in [1.807, 2.05) is 18.2 Å². The molecule has 1 saturated heterocycles. The van der Waals surface area contributed by atoms with Gasteiger partial charge in [-0.3, -0.25) is 4.90 Å². The van der Waals surface area contributed by atoms with E-state index in [0.29, 0.717) is 50.0 Å². The van der Waals surface area contributed by atoms with E-state index in [0.717, 1.165) is 13.1 Å². The lowest BCUT2D eigenvalue weighted by molar-refractivity contribution is 0.0695. The number of carboxylic acid groups (broad SMARTS) is 1. The minimum absolute atomic E-state index is 0.135. The SMILES string of the molecule is CN1CCN(CCN)CC1.O=C(O)c1cn(-c2ccc3ncnc(Nc4ccc(OCc5cccc(F)c5)c(Cl)c4)c3c2)cc1CCO. The number of benzene rings is 3. The van der Waals surface area contributed by atoms with Crippen LogP contribution in [-0.4, -0.2) is 93.4 Å². The number of fused-ring (bicyclic) bond motifs is 1. The molecule has 13 heteroatoms. The zero-order valence-corrected chi connectivity index (χ0v) is 27.4. The summed E-state index contributed by atoms with van der Waals surface area (Å²) in [7, 11) is 2.17. The number of aromatic carboxylic acids is 1. The minimum Gasteiger partial charge on any atom is -0.487 e. The number of carbonyl (C=O) groups is 1. The summed E-state index contributed by atoms with van der Waals surface area (Å²) < 4.78 is 20.9. The first-order valence-electron chi connectivity index (χ1n) is 15.6. The molecule has 0 spiro atoms. The number of aromatic nitrogens is 3. The Hall–Kier alpha value is -4.59. The lowest BCUT2D eigenvalue weighted by Gasteiger charge is -2.31. The summed E-state index contributed by atoms with van der Waals surface area (Å²) in [4.78, 5) is 25.1. The fraction of sp³-hybridized carbons (Fsp3) is 0.286. The maximum absolute atomic E-state index is 13.4. The Balaban J connectivity index is 0.000000387. The topological polar surface area (TPSA) is 142 Å². The van der Waals surface area contributed by atoms with Gasteiger partial charge in [0.2, 0.25) is 0 Å². The van der Waals surface area contributed by atoms with E-state index in [-0.39, 0.29) is 31.0 Å². The number of ether oxygens (including phenoxy) is 1. The van der Waals surface area contributed by atoms with Crippen LogP contribution in [0.25, 0.3) is 16.6 Å². The van der Waals surface area contributed by atoms with Crippen molar-refractivity contribution in [1.82, 2.24) is 24.3 Å². The monoisotopic (exact) mass is 675 g/mol. The van der Waals surface area contributed by atoms with Gasteiger partial charge < -0.3 is 35.5 Å². The average molecular weight is 676 g/mol. The van der Waals surface area contributed by atoms with Crippen LogP contribution in [0.1, 0.15) is 21.5 Å². The number of halogens is 2. The molecule has 0 saturated carbocycles. The Bertz CT molecular complexity index is 1850. The van der Waals surface area contributed by atoms with Crippen LogP contribution >= 0.6 is 11.6 Å².